The zero-order valence-corrected chi connectivity index (χ0v) is 16.7. The van der Waals surface area contributed by atoms with Gasteiger partial charge in [0.2, 0.25) is 0 Å². The lowest BCUT2D eigenvalue weighted by Crippen LogP contribution is -2.52. The first-order valence-electron chi connectivity index (χ1n) is 9.77. The summed E-state index contributed by atoms with van der Waals surface area (Å²) in [5.41, 5.74) is 1.65. The van der Waals surface area contributed by atoms with Crippen LogP contribution in [0.25, 0.3) is 0 Å². The second-order valence-corrected chi connectivity index (χ2v) is 7.59. The molecule has 0 radical (unpaired) electrons. The zero-order chi connectivity index (χ0) is 19.4. The molecule has 0 aliphatic carbocycles. The van der Waals surface area contributed by atoms with Gasteiger partial charge in [-0.15, -0.1) is 0 Å². The quantitative estimate of drug-likeness (QED) is 0.778. The number of nitrogens with one attached hydrogen (secondary N) is 1. The molecule has 0 aromatic heterocycles. The first-order valence-corrected chi connectivity index (χ1v) is 9.77. The van der Waals surface area contributed by atoms with Crippen LogP contribution in [0.4, 0.5) is 0 Å². The smallest absolute Gasteiger partial charge is 0.118 e. The van der Waals surface area contributed by atoms with Crippen molar-refractivity contribution >= 4 is 0 Å². The van der Waals surface area contributed by atoms with Crippen molar-refractivity contribution in [3.05, 3.63) is 59.7 Å². The highest BCUT2D eigenvalue weighted by atomic mass is 16.5. The summed E-state index contributed by atoms with van der Waals surface area (Å²) in [6, 6.07) is 16.5. The molecule has 146 valence electrons. The number of hydrogen-bond donors (Lipinski definition) is 2. The van der Waals surface area contributed by atoms with Crippen LogP contribution in [0, 0.1) is 5.92 Å². The summed E-state index contributed by atoms with van der Waals surface area (Å²) in [6.07, 6.45) is 2.47. The third-order valence-corrected chi connectivity index (χ3v) is 5.96. The Bertz CT molecular complexity index is 728. The number of rotatable bonds is 6. The van der Waals surface area contributed by atoms with E-state index in [1.165, 1.54) is 11.1 Å². The van der Waals surface area contributed by atoms with Gasteiger partial charge in [-0.2, -0.15) is 0 Å². The third kappa shape index (κ3) is 4.12. The number of piperidine rings is 1. The van der Waals surface area contributed by atoms with E-state index in [2.05, 4.69) is 43.4 Å². The van der Waals surface area contributed by atoms with Gasteiger partial charge in [0.05, 0.1) is 19.8 Å². The SMILES string of the molecule is CCCC1(O)CC(c2ccc(OC)cc2)NC(c2ccc(OC)cc2)C1C. The molecular weight excluding hydrogens is 338 g/mol. The molecule has 4 unspecified atom stereocenters. The maximum atomic E-state index is 11.5. The summed E-state index contributed by atoms with van der Waals surface area (Å²) >= 11 is 0. The highest BCUT2D eigenvalue weighted by Gasteiger charge is 2.45. The summed E-state index contributed by atoms with van der Waals surface area (Å²) in [7, 11) is 3.35. The van der Waals surface area contributed by atoms with Crippen molar-refractivity contribution in [2.24, 2.45) is 5.92 Å². The van der Waals surface area contributed by atoms with Gasteiger partial charge in [0.1, 0.15) is 11.5 Å². The molecule has 4 atom stereocenters. The van der Waals surface area contributed by atoms with Crippen LogP contribution < -0.4 is 14.8 Å². The fraction of sp³-hybridized carbons (Fsp3) is 0.478. The largest absolute Gasteiger partial charge is 0.497 e. The van der Waals surface area contributed by atoms with E-state index < -0.39 is 5.60 Å². The van der Waals surface area contributed by atoms with E-state index in [0.717, 1.165) is 24.3 Å². The van der Waals surface area contributed by atoms with Crippen molar-refractivity contribution in [3.63, 3.8) is 0 Å². The average Bonchev–Trinajstić information content (AvgIpc) is 2.70. The summed E-state index contributed by atoms with van der Waals surface area (Å²) in [4.78, 5) is 0. The van der Waals surface area contributed by atoms with Gasteiger partial charge in [0.15, 0.2) is 0 Å². The van der Waals surface area contributed by atoms with Gasteiger partial charge >= 0.3 is 0 Å². The van der Waals surface area contributed by atoms with Crippen molar-refractivity contribution in [3.8, 4) is 11.5 Å². The molecule has 1 aliphatic heterocycles. The number of methoxy groups -OCH3 is 2. The lowest BCUT2D eigenvalue weighted by molar-refractivity contribution is -0.0743. The molecule has 0 saturated carbocycles. The predicted molar refractivity (Wildman–Crippen MR) is 108 cm³/mol. The number of aliphatic hydroxyl groups is 1. The molecular formula is C23H31NO3. The van der Waals surface area contributed by atoms with E-state index in [0.29, 0.717) is 6.42 Å². The first kappa shape index (κ1) is 19.7. The molecule has 1 aliphatic rings. The Morgan fingerprint density at radius 2 is 1.48 bits per heavy atom. The van der Waals surface area contributed by atoms with E-state index in [1.807, 2.05) is 24.3 Å². The highest BCUT2D eigenvalue weighted by Crippen LogP contribution is 2.45. The summed E-state index contributed by atoms with van der Waals surface area (Å²) in [5, 5.41) is 15.3. The molecule has 2 N–H and O–H groups in total. The van der Waals surface area contributed by atoms with Crippen LogP contribution in [0.15, 0.2) is 48.5 Å². The lowest BCUT2D eigenvalue weighted by atomic mass is 9.70. The topological polar surface area (TPSA) is 50.7 Å². The van der Waals surface area contributed by atoms with Crippen LogP contribution >= 0.6 is 0 Å². The van der Waals surface area contributed by atoms with E-state index in [-0.39, 0.29) is 18.0 Å². The number of ether oxygens (including phenoxy) is 2. The third-order valence-electron chi connectivity index (χ3n) is 5.96. The van der Waals surface area contributed by atoms with Crippen LogP contribution in [-0.2, 0) is 0 Å². The van der Waals surface area contributed by atoms with Gasteiger partial charge in [0, 0.05) is 18.0 Å². The summed E-state index contributed by atoms with van der Waals surface area (Å²) in [6.45, 7) is 4.29. The fourth-order valence-corrected chi connectivity index (χ4v) is 4.28. The second-order valence-electron chi connectivity index (χ2n) is 7.59. The van der Waals surface area contributed by atoms with Crippen molar-refractivity contribution in [2.45, 2.75) is 50.8 Å². The molecule has 0 amide bonds. The van der Waals surface area contributed by atoms with Crippen molar-refractivity contribution in [2.75, 3.05) is 14.2 Å². The first-order chi connectivity index (χ1) is 13.0. The van der Waals surface area contributed by atoms with Crippen molar-refractivity contribution in [1.29, 1.82) is 0 Å². The van der Waals surface area contributed by atoms with Gasteiger partial charge in [0.25, 0.3) is 0 Å². The minimum absolute atomic E-state index is 0.0771. The van der Waals surface area contributed by atoms with Crippen LogP contribution in [0.1, 0.15) is 56.3 Å². The summed E-state index contributed by atoms with van der Waals surface area (Å²) < 4.78 is 10.6. The van der Waals surface area contributed by atoms with Crippen LogP contribution in [0.5, 0.6) is 11.5 Å². The molecule has 0 spiro atoms. The Labute approximate surface area is 162 Å². The van der Waals surface area contributed by atoms with E-state index >= 15 is 0 Å². The molecule has 1 saturated heterocycles. The minimum Gasteiger partial charge on any atom is -0.497 e. The maximum Gasteiger partial charge on any atom is 0.118 e. The fourth-order valence-electron chi connectivity index (χ4n) is 4.28. The maximum absolute atomic E-state index is 11.5. The van der Waals surface area contributed by atoms with Gasteiger partial charge in [-0.25, -0.2) is 0 Å². The molecule has 3 rings (SSSR count). The van der Waals surface area contributed by atoms with Crippen molar-refractivity contribution in [1.82, 2.24) is 5.32 Å². The number of benzene rings is 2. The van der Waals surface area contributed by atoms with E-state index in [1.54, 1.807) is 14.2 Å². The Hall–Kier alpha value is -2.04. The Morgan fingerprint density at radius 1 is 0.963 bits per heavy atom. The van der Waals surface area contributed by atoms with Crippen LogP contribution in [-0.4, -0.2) is 24.9 Å². The van der Waals surface area contributed by atoms with Crippen LogP contribution in [0.3, 0.4) is 0 Å². The van der Waals surface area contributed by atoms with Crippen molar-refractivity contribution < 1.29 is 14.6 Å². The Balaban J connectivity index is 1.93. The number of hydrogen-bond acceptors (Lipinski definition) is 4. The average molecular weight is 370 g/mol. The van der Waals surface area contributed by atoms with Gasteiger partial charge in [-0.05, 0) is 48.2 Å². The molecule has 1 heterocycles. The standard InChI is InChI=1S/C23H31NO3/c1-5-14-23(25)15-21(17-6-10-19(26-3)11-7-17)24-22(16(23)2)18-8-12-20(27-4)13-9-18/h6-13,16,21-22,24-25H,5,14-15H2,1-4H3. The van der Waals surface area contributed by atoms with E-state index in [9.17, 15) is 5.11 Å². The lowest BCUT2D eigenvalue weighted by Gasteiger charge is -2.48. The normalized spacial score (nSPS) is 28.0. The monoisotopic (exact) mass is 369 g/mol. The Kier molecular flexibility index (Phi) is 6.08. The summed E-state index contributed by atoms with van der Waals surface area (Å²) in [5.74, 6) is 1.80. The van der Waals surface area contributed by atoms with Crippen LogP contribution in [0.2, 0.25) is 0 Å². The molecule has 2 aromatic rings. The highest BCUT2D eigenvalue weighted by molar-refractivity contribution is 5.33. The van der Waals surface area contributed by atoms with Gasteiger partial charge < -0.3 is 19.9 Å². The van der Waals surface area contributed by atoms with E-state index in [4.69, 9.17) is 9.47 Å². The minimum atomic E-state index is -0.699. The molecule has 27 heavy (non-hydrogen) atoms. The molecule has 2 aromatic carbocycles. The molecule has 0 bridgehead atoms. The van der Waals surface area contributed by atoms with Gasteiger partial charge in [-0.3, -0.25) is 0 Å². The van der Waals surface area contributed by atoms with Gasteiger partial charge in [-0.1, -0.05) is 44.5 Å². The Morgan fingerprint density at radius 3 is 1.96 bits per heavy atom. The zero-order valence-electron chi connectivity index (χ0n) is 16.7. The molecule has 1 fully saturated rings. The molecule has 4 heteroatoms. The predicted octanol–water partition coefficient (Wildman–Crippen LogP) is 4.65. The second kappa shape index (κ2) is 8.32. The molecule has 4 nitrogen and oxygen atoms in total.